The molecule has 0 bridgehead atoms. The molecule has 116 valence electrons. The molecule has 1 aromatic rings. The number of aryl methyl sites for hydroxylation is 2. The average Bonchev–Trinajstić information content (AvgIpc) is 3.04. The second kappa shape index (κ2) is 5.65. The van der Waals surface area contributed by atoms with E-state index in [0.717, 1.165) is 62.9 Å². The zero-order valence-corrected chi connectivity index (χ0v) is 12.8. The highest BCUT2D eigenvalue weighted by atomic mass is 16.5. The van der Waals surface area contributed by atoms with Gasteiger partial charge >= 0.3 is 0 Å². The summed E-state index contributed by atoms with van der Waals surface area (Å²) >= 11 is 0. The molecule has 0 saturated carbocycles. The van der Waals surface area contributed by atoms with Gasteiger partial charge in [0, 0.05) is 39.3 Å². The fraction of sp³-hybridized carbons (Fsp3) is 0.714. The lowest BCUT2D eigenvalue weighted by Crippen LogP contribution is -2.44. The maximum atomic E-state index is 7.81. The highest BCUT2D eigenvalue weighted by Crippen LogP contribution is 2.28. The van der Waals surface area contributed by atoms with E-state index >= 15 is 0 Å². The van der Waals surface area contributed by atoms with Gasteiger partial charge in [0.25, 0.3) is 0 Å². The molecule has 2 fully saturated rings. The van der Waals surface area contributed by atoms with Crippen molar-refractivity contribution in [2.24, 2.45) is 12.8 Å². The summed E-state index contributed by atoms with van der Waals surface area (Å²) in [7, 11) is 1.93. The van der Waals surface area contributed by atoms with Crippen molar-refractivity contribution in [1.82, 2.24) is 14.7 Å². The van der Waals surface area contributed by atoms with Crippen LogP contribution >= 0.6 is 0 Å². The van der Waals surface area contributed by atoms with Crippen molar-refractivity contribution in [2.75, 3.05) is 44.3 Å². The Bertz CT molecular complexity index is 534. The number of nitrogen functional groups attached to an aromatic ring is 1. The summed E-state index contributed by atoms with van der Waals surface area (Å²) in [6, 6.07) is 0.559. The fourth-order valence-corrected chi connectivity index (χ4v) is 3.50. The third-order valence-corrected chi connectivity index (χ3v) is 4.49. The summed E-state index contributed by atoms with van der Waals surface area (Å²) in [5.74, 6) is 1.08. The molecule has 0 amide bonds. The van der Waals surface area contributed by atoms with E-state index in [4.69, 9.17) is 15.9 Å². The minimum Gasteiger partial charge on any atom is -0.384 e. The first kappa shape index (κ1) is 14.3. The van der Waals surface area contributed by atoms with E-state index < -0.39 is 0 Å². The molecule has 2 aliphatic heterocycles. The zero-order chi connectivity index (χ0) is 15.0. The third-order valence-electron chi connectivity index (χ3n) is 4.49. The number of nitrogens with two attached hydrogens (primary N) is 1. The van der Waals surface area contributed by atoms with Gasteiger partial charge in [0.1, 0.15) is 11.7 Å². The molecular formula is C14H24N6O. The van der Waals surface area contributed by atoms with Gasteiger partial charge in [-0.15, -0.1) is 0 Å². The first-order valence-corrected chi connectivity index (χ1v) is 7.52. The Morgan fingerprint density at radius 2 is 2.05 bits per heavy atom. The normalized spacial score (nSPS) is 23.7. The molecular weight excluding hydrogens is 268 g/mol. The first-order valence-electron chi connectivity index (χ1n) is 7.52. The third kappa shape index (κ3) is 2.63. The van der Waals surface area contributed by atoms with Gasteiger partial charge in [-0.3, -0.25) is 15.0 Å². The standard InChI is InChI=1S/C14H24N6O/c1-10-12(13(15)16)14(18(2)17-10)20-4-3-11(9-20)19-5-7-21-8-6-19/h11H,3-9H2,1-2H3,(H3,15,16). The van der Waals surface area contributed by atoms with Crippen molar-refractivity contribution in [3.8, 4) is 0 Å². The highest BCUT2D eigenvalue weighted by molar-refractivity contribution is 6.01. The van der Waals surface area contributed by atoms with Crippen LogP contribution < -0.4 is 10.6 Å². The predicted octanol–water partition coefficient (Wildman–Crippen LogP) is -0.0765. The average molecular weight is 292 g/mol. The molecule has 21 heavy (non-hydrogen) atoms. The molecule has 3 rings (SSSR count). The Morgan fingerprint density at radius 3 is 2.71 bits per heavy atom. The molecule has 1 unspecified atom stereocenters. The molecule has 1 aromatic heterocycles. The van der Waals surface area contributed by atoms with Gasteiger partial charge in [-0.1, -0.05) is 0 Å². The summed E-state index contributed by atoms with van der Waals surface area (Å²) in [6.07, 6.45) is 1.14. The smallest absolute Gasteiger partial charge is 0.137 e. The molecule has 0 aromatic carbocycles. The van der Waals surface area contributed by atoms with E-state index in [1.54, 1.807) is 0 Å². The van der Waals surface area contributed by atoms with Gasteiger partial charge in [-0.2, -0.15) is 5.10 Å². The van der Waals surface area contributed by atoms with Crippen LogP contribution in [0.3, 0.4) is 0 Å². The van der Waals surface area contributed by atoms with Crippen LogP contribution in [0.2, 0.25) is 0 Å². The Kier molecular flexibility index (Phi) is 3.86. The quantitative estimate of drug-likeness (QED) is 0.601. The van der Waals surface area contributed by atoms with Gasteiger partial charge in [-0.25, -0.2) is 0 Å². The van der Waals surface area contributed by atoms with Crippen molar-refractivity contribution >= 4 is 11.7 Å². The molecule has 2 aliphatic rings. The molecule has 7 heteroatoms. The van der Waals surface area contributed by atoms with Crippen LogP contribution in [0, 0.1) is 12.3 Å². The Labute approximate surface area is 125 Å². The van der Waals surface area contributed by atoms with Crippen molar-refractivity contribution in [1.29, 1.82) is 5.41 Å². The molecule has 7 nitrogen and oxygen atoms in total. The number of rotatable bonds is 3. The van der Waals surface area contributed by atoms with E-state index in [0.29, 0.717) is 6.04 Å². The molecule has 0 aliphatic carbocycles. The van der Waals surface area contributed by atoms with E-state index in [-0.39, 0.29) is 5.84 Å². The van der Waals surface area contributed by atoms with Crippen LogP contribution in [-0.4, -0.2) is 66.0 Å². The largest absolute Gasteiger partial charge is 0.384 e. The minimum atomic E-state index is 0.102. The maximum absolute atomic E-state index is 7.81. The SMILES string of the molecule is Cc1nn(C)c(N2CCC(N3CCOCC3)C2)c1C(=N)N. The Hall–Kier alpha value is -1.60. The number of amidine groups is 1. The number of hydrogen-bond acceptors (Lipinski definition) is 5. The number of anilines is 1. The molecule has 1 atom stereocenters. The maximum Gasteiger partial charge on any atom is 0.137 e. The highest BCUT2D eigenvalue weighted by Gasteiger charge is 2.32. The van der Waals surface area contributed by atoms with Crippen molar-refractivity contribution in [2.45, 2.75) is 19.4 Å². The molecule has 3 N–H and O–H groups in total. The van der Waals surface area contributed by atoms with E-state index in [2.05, 4.69) is 14.9 Å². The van der Waals surface area contributed by atoms with Gasteiger partial charge in [0.15, 0.2) is 0 Å². The fourth-order valence-electron chi connectivity index (χ4n) is 3.50. The van der Waals surface area contributed by atoms with Gasteiger partial charge in [-0.05, 0) is 13.3 Å². The number of aromatic nitrogens is 2. The number of ether oxygens (including phenoxy) is 1. The van der Waals surface area contributed by atoms with Crippen LogP contribution in [0.4, 0.5) is 5.82 Å². The van der Waals surface area contributed by atoms with E-state index in [1.165, 1.54) is 0 Å². The first-order chi connectivity index (χ1) is 10.1. The number of nitrogens with one attached hydrogen (secondary N) is 1. The molecule has 3 heterocycles. The van der Waals surface area contributed by atoms with Gasteiger partial charge in [0.05, 0.1) is 24.5 Å². The second-order valence-corrected chi connectivity index (χ2v) is 5.86. The summed E-state index contributed by atoms with van der Waals surface area (Å²) in [6.45, 7) is 7.57. The molecule has 0 radical (unpaired) electrons. The lowest BCUT2D eigenvalue weighted by atomic mass is 10.2. The Morgan fingerprint density at radius 1 is 1.33 bits per heavy atom. The summed E-state index contributed by atoms with van der Waals surface area (Å²) in [5.41, 5.74) is 7.36. The van der Waals surface area contributed by atoms with E-state index in [1.807, 2.05) is 18.7 Å². The second-order valence-electron chi connectivity index (χ2n) is 5.86. The molecule has 2 saturated heterocycles. The summed E-state index contributed by atoms with van der Waals surface area (Å²) < 4.78 is 7.28. The van der Waals surface area contributed by atoms with Gasteiger partial charge in [0.2, 0.25) is 0 Å². The zero-order valence-electron chi connectivity index (χ0n) is 12.8. The van der Waals surface area contributed by atoms with Crippen LogP contribution in [0.15, 0.2) is 0 Å². The number of hydrogen-bond donors (Lipinski definition) is 2. The number of nitrogens with zero attached hydrogens (tertiary/aromatic N) is 4. The Balaban J connectivity index is 1.78. The van der Waals surface area contributed by atoms with Crippen molar-refractivity contribution in [3.05, 3.63) is 11.3 Å². The predicted molar refractivity (Wildman–Crippen MR) is 82.0 cm³/mol. The van der Waals surface area contributed by atoms with Crippen molar-refractivity contribution in [3.63, 3.8) is 0 Å². The topological polar surface area (TPSA) is 83.4 Å². The van der Waals surface area contributed by atoms with Gasteiger partial charge < -0.3 is 15.4 Å². The van der Waals surface area contributed by atoms with Crippen LogP contribution in [0.1, 0.15) is 17.7 Å². The van der Waals surface area contributed by atoms with Crippen LogP contribution in [0.25, 0.3) is 0 Å². The molecule has 0 spiro atoms. The summed E-state index contributed by atoms with van der Waals surface area (Å²) in [4.78, 5) is 4.83. The van der Waals surface area contributed by atoms with E-state index in [9.17, 15) is 0 Å². The summed E-state index contributed by atoms with van der Waals surface area (Å²) in [5, 5.41) is 12.2. The van der Waals surface area contributed by atoms with Crippen LogP contribution in [-0.2, 0) is 11.8 Å². The van der Waals surface area contributed by atoms with Crippen molar-refractivity contribution < 1.29 is 4.74 Å². The number of morpholine rings is 1. The lowest BCUT2D eigenvalue weighted by molar-refractivity contribution is 0.0209. The minimum absolute atomic E-state index is 0.102. The lowest BCUT2D eigenvalue weighted by Gasteiger charge is -2.32. The monoisotopic (exact) mass is 292 g/mol. The van der Waals surface area contributed by atoms with Crippen LogP contribution in [0.5, 0.6) is 0 Å².